The van der Waals surface area contributed by atoms with Crippen molar-refractivity contribution in [3.05, 3.63) is 53.3 Å². The maximum absolute atomic E-state index is 4.37. The molecule has 0 N–H and O–H groups in total. The van der Waals surface area contributed by atoms with Crippen LogP contribution in [0.1, 0.15) is 34.9 Å². The summed E-state index contributed by atoms with van der Waals surface area (Å²) in [5, 5.41) is 4.37. The van der Waals surface area contributed by atoms with Crippen LogP contribution in [0, 0.1) is 5.92 Å². The third kappa shape index (κ3) is 2.62. The summed E-state index contributed by atoms with van der Waals surface area (Å²) in [5.74, 6) is 0.671. The number of aryl methyl sites for hydroxylation is 2. The Morgan fingerprint density at radius 2 is 2.21 bits per heavy atom. The fourth-order valence-corrected chi connectivity index (χ4v) is 3.86. The Labute approximate surface area is 123 Å². The van der Waals surface area contributed by atoms with Crippen LogP contribution in [0.5, 0.6) is 0 Å². The van der Waals surface area contributed by atoms with Gasteiger partial charge >= 0.3 is 0 Å². The fraction of sp³-hybridized carbons (Fsp3) is 0.438. The molecular formula is C16H19BrN2. The molecule has 0 amide bonds. The van der Waals surface area contributed by atoms with Crippen molar-refractivity contribution in [1.82, 2.24) is 9.78 Å². The van der Waals surface area contributed by atoms with Crippen LogP contribution in [0.2, 0.25) is 0 Å². The molecule has 19 heavy (non-hydrogen) atoms. The second-order valence-electron chi connectivity index (χ2n) is 5.31. The van der Waals surface area contributed by atoms with Gasteiger partial charge in [-0.25, -0.2) is 0 Å². The van der Waals surface area contributed by atoms with E-state index in [0.717, 1.165) is 13.0 Å². The number of halogens is 1. The van der Waals surface area contributed by atoms with Gasteiger partial charge in [-0.2, -0.15) is 5.10 Å². The predicted molar refractivity (Wildman–Crippen MR) is 81.5 cm³/mol. The first kappa shape index (κ1) is 12.9. The van der Waals surface area contributed by atoms with E-state index < -0.39 is 0 Å². The Morgan fingerprint density at radius 3 is 3.00 bits per heavy atom. The lowest BCUT2D eigenvalue weighted by atomic mass is 9.81. The topological polar surface area (TPSA) is 17.8 Å². The highest BCUT2D eigenvalue weighted by Gasteiger charge is 2.27. The first-order valence-corrected chi connectivity index (χ1v) is 7.92. The zero-order valence-electron chi connectivity index (χ0n) is 11.2. The van der Waals surface area contributed by atoms with Crippen LogP contribution in [-0.4, -0.2) is 9.78 Å². The van der Waals surface area contributed by atoms with E-state index in [4.69, 9.17) is 0 Å². The van der Waals surface area contributed by atoms with E-state index in [1.165, 1.54) is 29.5 Å². The normalized spacial score (nSPS) is 22.2. The molecule has 1 aromatic heterocycles. The van der Waals surface area contributed by atoms with Crippen molar-refractivity contribution in [3.8, 4) is 0 Å². The lowest BCUT2D eigenvalue weighted by molar-refractivity contribution is 0.452. The standard InChI is InChI=1S/C16H19BrN2/c1-2-19-11-12(10-18-19)9-14-8-7-13-5-3-4-6-15(13)16(14)17/h3-6,10-11,14,16H,2,7-9H2,1H3. The van der Waals surface area contributed by atoms with Gasteiger partial charge in [-0.3, -0.25) is 4.68 Å². The molecule has 0 bridgehead atoms. The zero-order valence-corrected chi connectivity index (χ0v) is 12.8. The van der Waals surface area contributed by atoms with E-state index >= 15 is 0 Å². The smallest absolute Gasteiger partial charge is 0.0521 e. The van der Waals surface area contributed by atoms with Crippen molar-refractivity contribution in [2.24, 2.45) is 5.92 Å². The zero-order chi connectivity index (χ0) is 13.2. The molecule has 2 aromatic rings. The van der Waals surface area contributed by atoms with Gasteiger partial charge in [0.25, 0.3) is 0 Å². The van der Waals surface area contributed by atoms with E-state index in [9.17, 15) is 0 Å². The lowest BCUT2D eigenvalue weighted by Crippen LogP contribution is -2.18. The summed E-state index contributed by atoms with van der Waals surface area (Å²) in [5.41, 5.74) is 4.34. The number of alkyl halides is 1. The second-order valence-corrected chi connectivity index (χ2v) is 6.29. The predicted octanol–water partition coefficient (Wildman–Crippen LogP) is 4.14. The molecular weight excluding hydrogens is 300 g/mol. The molecule has 0 saturated carbocycles. The molecule has 2 nitrogen and oxygen atoms in total. The summed E-state index contributed by atoms with van der Waals surface area (Å²) in [6.45, 7) is 3.08. The van der Waals surface area contributed by atoms with Crippen LogP contribution < -0.4 is 0 Å². The van der Waals surface area contributed by atoms with Crippen molar-refractivity contribution < 1.29 is 0 Å². The van der Waals surface area contributed by atoms with Gasteiger partial charge in [-0.15, -0.1) is 0 Å². The van der Waals surface area contributed by atoms with Crippen molar-refractivity contribution in [1.29, 1.82) is 0 Å². The van der Waals surface area contributed by atoms with Gasteiger partial charge in [0.05, 0.1) is 6.20 Å². The number of fused-ring (bicyclic) bond motifs is 1. The molecule has 3 heteroatoms. The number of rotatable bonds is 3. The molecule has 1 aromatic carbocycles. The number of benzene rings is 1. The van der Waals surface area contributed by atoms with Gasteiger partial charge in [0.15, 0.2) is 0 Å². The molecule has 2 atom stereocenters. The number of hydrogen-bond acceptors (Lipinski definition) is 1. The van der Waals surface area contributed by atoms with Crippen LogP contribution >= 0.6 is 15.9 Å². The minimum absolute atomic E-state index is 0.474. The third-order valence-corrected chi connectivity index (χ3v) is 5.30. The minimum atomic E-state index is 0.474. The van der Waals surface area contributed by atoms with Gasteiger partial charge in [0.2, 0.25) is 0 Å². The molecule has 1 aliphatic carbocycles. The van der Waals surface area contributed by atoms with E-state index in [2.05, 4.69) is 58.4 Å². The molecule has 2 unspecified atom stereocenters. The molecule has 100 valence electrons. The highest BCUT2D eigenvalue weighted by Crippen LogP contribution is 2.41. The van der Waals surface area contributed by atoms with Crippen LogP contribution in [0.4, 0.5) is 0 Å². The van der Waals surface area contributed by atoms with Gasteiger partial charge in [0.1, 0.15) is 0 Å². The van der Waals surface area contributed by atoms with E-state index in [-0.39, 0.29) is 0 Å². The Balaban J connectivity index is 1.76. The first-order chi connectivity index (χ1) is 9.28. The Bertz CT molecular complexity index is 561. The largest absolute Gasteiger partial charge is 0.273 e. The molecule has 1 heterocycles. The summed E-state index contributed by atoms with van der Waals surface area (Å²) in [7, 11) is 0. The quantitative estimate of drug-likeness (QED) is 0.777. The fourth-order valence-electron chi connectivity index (χ4n) is 2.97. The Hall–Kier alpha value is -1.09. The minimum Gasteiger partial charge on any atom is -0.273 e. The first-order valence-electron chi connectivity index (χ1n) is 7.01. The van der Waals surface area contributed by atoms with Crippen molar-refractivity contribution >= 4 is 15.9 Å². The van der Waals surface area contributed by atoms with Gasteiger partial charge < -0.3 is 0 Å². The summed E-state index contributed by atoms with van der Waals surface area (Å²) < 4.78 is 2.01. The maximum Gasteiger partial charge on any atom is 0.0521 e. The summed E-state index contributed by atoms with van der Waals surface area (Å²) in [6, 6.07) is 8.81. The van der Waals surface area contributed by atoms with E-state index in [0.29, 0.717) is 10.7 Å². The summed E-state index contributed by atoms with van der Waals surface area (Å²) in [6.07, 6.45) is 7.77. The molecule has 0 saturated heterocycles. The van der Waals surface area contributed by atoms with Gasteiger partial charge in [0, 0.05) is 17.6 Å². The van der Waals surface area contributed by atoms with E-state index in [1.807, 2.05) is 10.9 Å². The average molecular weight is 319 g/mol. The highest BCUT2D eigenvalue weighted by molar-refractivity contribution is 9.09. The van der Waals surface area contributed by atoms with Gasteiger partial charge in [-0.05, 0) is 48.8 Å². The molecule has 0 spiro atoms. The summed E-state index contributed by atoms with van der Waals surface area (Å²) in [4.78, 5) is 0.474. The number of aromatic nitrogens is 2. The molecule has 0 fully saturated rings. The molecule has 0 aliphatic heterocycles. The molecule has 0 radical (unpaired) electrons. The van der Waals surface area contributed by atoms with Crippen LogP contribution in [0.3, 0.4) is 0 Å². The monoisotopic (exact) mass is 318 g/mol. The molecule has 3 rings (SSSR count). The van der Waals surface area contributed by atoms with Crippen LogP contribution in [0.15, 0.2) is 36.7 Å². The van der Waals surface area contributed by atoms with Gasteiger partial charge in [-0.1, -0.05) is 40.2 Å². The van der Waals surface area contributed by atoms with Crippen LogP contribution in [-0.2, 0) is 19.4 Å². The average Bonchev–Trinajstić information content (AvgIpc) is 2.90. The van der Waals surface area contributed by atoms with Crippen molar-refractivity contribution in [2.75, 3.05) is 0 Å². The second kappa shape index (κ2) is 5.49. The number of hydrogen-bond donors (Lipinski definition) is 0. The van der Waals surface area contributed by atoms with Crippen LogP contribution in [0.25, 0.3) is 0 Å². The SMILES string of the molecule is CCn1cc(CC2CCc3ccccc3C2Br)cn1. The Morgan fingerprint density at radius 1 is 1.37 bits per heavy atom. The highest BCUT2D eigenvalue weighted by atomic mass is 79.9. The third-order valence-electron chi connectivity index (χ3n) is 4.06. The van der Waals surface area contributed by atoms with Crippen molar-refractivity contribution in [3.63, 3.8) is 0 Å². The maximum atomic E-state index is 4.37. The Kier molecular flexibility index (Phi) is 3.74. The molecule has 1 aliphatic rings. The van der Waals surface area contributed by atoms with E-state index in [1.54, 1.807) is 0 Å². The van der Waals surface area contributed by atoms with Crippen molar-refractivity contribution in [2.45, 2.75) is 37.6 Å². The summed E-state index contributed by atoms with van der Waals surface area (Å²) >= 11 is 3.91. The lowest BCUT2D eigenvalue weighted by Gasteiger charge is -2.29. The number of nitrogens with zero attached hydrogens (tertiary/aromatic N) is 2.